The van der Waals surface area contributed by atoms with Crippen LogP contribution in [0.2, 0.25) is 0 Å². The first-order chi connectivity index (χ1) is 10.3. The van der Waals surface area contributed by atoms with Crippen molar-refractivity contribution in [2.45, 2.75) is 25.1 Å². The van der Waals surface area contributed by atoms with Gasteiger partial charge in [0.1, 0.15) is 0 Å². The molecule has 1 amide bonds. The molecule has 6 heteroatoms. The number of sulfone groups is 1. The maximum absolute atomic E-state index is 12.9. The van der Waals surface area contributed by atoms with Crippen LogP contribution in [0, 0.1) is 0 Å². The molecule has 0 saturated carbocycles. The normalized spacial score (nSPS) is 24.6. The molecular formula is C16H20N2O3S. The second-order valence-electron chi connectivity index (χ2n) is 5.98. The van der Waals surface area contributed by atoms with Gasteiger partial charge in [-0.3, -0.25) is 4.79 Å². The zero-order valence-corrected chi connectivity index (χ0v) is 13.8. The lowest BCUT2D eigenvalue weighted by molar-refractivity contribution is 0.0695. The number of hydrogen-bond acceptors (Lipinski definition) is 3. The van der Waals surface area contributed by atoms with Gasteiger partial charge in [0.25, 0.3) is 5.91 Å². The molecule has 1 aliphatic heterocycles. The average Bonchev–Trinajstić information content (AvgIpc) is 2.86. The summed E-state index contributed by atoms with van der Waals surface area (Å²) in [6.45, 7) is 3.75. The quantitative estimate of drug-likeness (QED) is 0.805. The van der Waals surface area contributed by atoms with Crippen molar-refractivity contribution in [3.05, 3.63) is 36.0 Å². The molecule has 0 radical (unpaired) electrons. The molecule has 1 aliphatic rings. The van der Waals surface area contributed by atoms with Crippen molar-refractivity contribution < 1.29 is 13.2 Å². The van der Waals surface area contributed by atoms with Gasteiger partial charge in [-0.05, 0) is 32.0 Å². The Bertz CT molecular complexity index is 838. The minimum absolute atomic E-state index is 0.0367. The molecule has 3 rings (SSSR count). The molecule has 1 aromatic heterocycles. The van der Waals surface area contributed by atoms with Crippen LogP contribution in [0.25, 0.3) is 10.9 Å². The van der Waals surface area contributed by atoms with Gasteiger partial charge in [-0.2, -0.15) is 0 Å². The zero-order valence-electron chi connectivity index (χ0n) is 13.0. The second kappa shape index (κ2) is 5.12. The SMILES string of the molecule is CC1C(C)S(=O)(=O)CCN1C(=O)c1cccc2c1ccn2C. The Morgan fingerprint density at radius 3 is 2.68 bits per heavy atom. The van der Waals surface area contributed by atoms with E-state index in [0.717, 1.165) is 10.9 Å². The summed E-state index contributed by atoms with van der Waals surface area (Å²) in [6, 6.07) is 7.26. The van der Waals surface area contributed by atoms with Crippen LogP contribution in [0.15, 0.2) is 30.5 Å². The third-order valence-corrected chi connectivity index (χ3v) is 7.05. The predicted octanol–water partition coefficient (Wildman–Crippen LogP) is 1.83. The van der Waals surface area contributed by atoms with Crippen LogP contribution in [0.1, 0.15) is 24.2 Å². The highest BCUT2D eigenvalue weighted by Crippen LogP contribution is 2.25. The minimum atomic E-state index is -3.10. The van der Waals surface area contributed by atoms with Crippen LogP contribution in [0.3, 0.4) is 0 Å². The molecule has 2 heterocycles. The van der Waals surface area contributed by atoms with E-state index in [2.05, 4.69) is 0 Å². The average molecular weight is 320 g/mol. The second-order valence-corrected chi connectivity index (χ2v) is 8.45. The lowest BCUT2D eigenvalue weighted by Gasteiger charge is -2.37. The van der Waals surface area contributed by atoms with E-state index in [1.165, 1.54) is 0 Å². The molecule has 1 aromatic carbocycles. The largest absolute Gasteiger partial charge is 0.351 e. The zero-order chi connectivity index (χ0) is 16.1. The van der Waals surface area contributed by atoms with Gasteiger partial charge in [-0.15, -0.1) is 0 Å². The van der Waals surface area contributed by atoms with Crippen molar-refractivity contribution in [1.29, 1.82) is 0 Å². The van der Waals surface area contributed by atoms with E-state index in [0.29, 0.717) is 5.56 Å². The van der Waals surface area contributed by atoms with Crippen LogP contribution in [0.4, 0.5) is 0 Å². The number of carbonyl (C=O) groups excluding carboxylic acids is 1. The van der Waals surface area contributed by atoms with Crippen LogP contribution < -0.4 is 0 Å². The number of hydrogen-bond donors (Lipinski definition) is 0. The molecule has 0 N–H and O–H groups in total. The fourth-order valence-electron chi connectivity index (χ4n) is 3.10. The van der Waals surface area contributed by atoms with Gasteiger partial charge >= 0.3 is 0 Å². The molecule has 118 valence electrons. The van der Waals surface area contributed by atoms with Gasteiger partial charge in [0, 0.05) is 42.3 Å². The van der Waals surface area contributed by atoms with E-state index < -0.39 is 15.1 Å². The summed E-state index contributed by atoms with van der Waals surface area (Å²) in [7, 11) is -1.16. The number of aromatic nitrogens is 1. The molecule has 0 spiro atoms. The first-order valence-electron chi connectivity index (χ1n) is 7.39. The van der Waals surface area contributed by atoms with Crippen molar-refractivity contribution in [1.82, 2.24) is 9.47 Å². The van der Waals surface area contributed by atoms with E-state index in [1.807, 2.05) is 49.0 Å². The molecule has 5 nitrogen and oxygen atoms in total. The monoisotopic (exact) mass is 320 g/mol. The Kier molecular flexibility index (Phi) is 3.51. The predicted molar refractivity (Wildman–Crippen MR) is 86.7 cm³/mol. The van der Waals surface area contributed by atoms with Crippen LogP contribution in [-0.2, 0) is 16.9 Å². The molecular weight excluding hydrogens is 300 g/mol. The van der Waals surface area contributed by atoms with Crippen LogP contribution >= 0.6 is 0 Å². The van der Waals surface area contributed by atoms with Crippen LogP contribution in [-0.4, -0.2) is 47.4 Å². The lowest BCUT2D eigenvalue weighted by Crippen LogP contribution is -2.54. The van der Waals surface area contributed by atoms with Crippen molar-refractivity contribution in [3.8, 4) is 0 Å². The lowest BCUT2D eigenvalue weighted by atomic mass is 10.1. The molecule has 2 aromatic rings. The third kappa shape index (κ3) is 2.22. The highest BCUT2D eigenvalue weighted by Gasteiger charge is 2.38. The summed E-state index contributed by atoms with van der Waals surface area (Å²) in [4.78, 5) is 14.6. The molecule has 2 atom stereocenters. The summed E-state index contributed by atoms with van der Waals surface area (Å²) in [5, 5.41) is 0.378. The van der Waals surface area contributed by atoms with Gasteiger partial charge in [0.2, 0.25) is 0 Å². The number of aryl methyl sites for hydroxylation is 1. The smallest absolute Gasteiger partial charge is 0.254 e. The van der Waals surface area contributed by atoms with Gasteiger partial charge < -0.3 is 9.47 Å². The minimum Gasteiger partial charge on any atom is -0.351 e. The molecule has 2 unspecified atom stereocenters. The van der Waals surface area contributed by atoms with Crippen molar-refractivity contribution >= 4 is 26.6 Å². The Labute approximate surface area is 130 Å². The van der Waals surface area contributed by atoms with Gasteiger partial charge in [0.15, 0.2) is 9.84 Å². The Morgan fingerprint density at radius 1 is 1.23 bits per heavy atom. The van der Waals surface area contributed by atoms with Gasteiger partial charge in [-0.1, -0.05) is 6.07 Å². The van der Waals surface area contributed by atoms with E-state index in [9.17, 15) is 13.2 Å². The number of fused-ring (bicyclic) bond motifs is 1. The number of carbonyl (C=O) groups is 1. The van der Waals surface area contributed by atoms with Gasteiger partial charge in [0.05, 0.1) is 11.0 Å². The molecule has 1 fully saturated rings. The molecule has 1 saturated heterocycles. The molecule has 0 bridgehead atoms. The van der Waals surface area contributed by atoms with Crippen molar-refractivity contribution in [3.63, 3.8) is 0 Å². The number of benzene rings is 1. The highest BCUT2D eigenvalue weighted by molar-refractivity contribution is 7.92. The van der Waals surface area contributed by atoms with Gasteiger partial charge in [-0.25, -0.2) is 8.42 Å². The third-order valence-electron chi connectivity index (χ3n) is 4.77. The van der Waals surface area contributed by atoms with E-state index in [-0.39, 0.29) is 24.2 Å². The van der Waals surface area contributed by atoms with E-state index in [1.54, 1.807) is 11.8 Å². The van der Waals surface area contributed by atoms with Crippen molar-refractivity contribution in [2.75, 3.05) is 12.3 Å². The topological polar surface area (TPSA) is 59.4 Å². The molecule has 22 heavy (non-hydrogen) atoms. The highest BCUT2D eigenvalue weighted by atomic mass is 32.2. The molecule has 0 aliphatic carbocycles. The summed E-state index contributed by atoms with van der Waals surface area (Å²) < 4.78 is 25.9. The maximum atomic E-state index is 12.9. The summed E-state index contributed by atoms with van der Waals surface area (Å²) >= 11 is 0. The maximum Gasteiger partial charge on any atom is 0.254 e. The standard InChI is InChI=1S/C16H20N2O3S/c1-11-12(2)22(20,21)10-9-18(11)16(19)14-5-4-6-15-13(14)7-8-17(15)3/h4-8,11-12H,9-10H2,1-3H3. The summed E-state index contributed by atoms with van der Waals surface area (Å²) in [6.07, 6.45) is 1.92. The number of amides is 1. The Morgan fingerprint density at radius 2 is 1.95 bits per heavy atom. The fraction of sp³-hybridized carbons (Fsp3) is 0.438. The fourth-order valence-corrected chi connectivity index (χ4v) is 4.67. The van der Waals surface area contributed by atoms with E-state index >= 15 is 0 Å². The first-order valence-corrected chi connectivity index (χ1v) is 9.11. The summed E-state index contributed by atoms with van der Waals surface area (Å²) in [5.41, 5.74) is 1.63. The number of rotatable bonds is 1. The Hall–Kier alpha value is -1.82. The Balaban J connectivity index is 2.00. The number of nitrogens with zero attached hydrogens (tertiary/aromatic N) is 2. The summed E-state index contributed by atoms with van der Waals surface area (Å²) in [5.74, 6) is -0.0549. The first kappa shape index (κ1) is 15.1. The van der Waals surface area contributed by atoms with Crippen LogP contribution in [0.5, 0.6) is 0 Å². The van der Waals surface area contributed by atoms with Crippen molar-refractivity contribution in [2.24, 2.45) is 7.05 Å². The van der Waals surface area contributed by atoms with E-state index in [4.69, 9.17) is 0 Å².